The lowest BCUT2D eigenvalue weighted by molar-refractivity contribution is -0.132. The van der Waals surface area contributed by atoms with Crippen molar-refractivity contribution in [3.63, 3.8) is 0 Å². The SMILES string of the molecule is CCCN(CC(=O)Nc1ccccc1OC)C(=O)CSc1ccc(C)c(C)c1. The van der Waals surface area contributed by atoms with Crippen LogP contribution in [0.3, 0.4) is 0 Å². The first-order valence-electron chi connectivity index (χ1n) is 9.35. The van der Waals surface area contributed by atoms with Crippen LogP contribution in [-0.4, -0.2) is 42.7 Å². The number of thioether (sulfide) groups is 1. The van der Waals surface area contributed by atoms with Gasteiger partial charge in [0.15, 0.2) is 0 Å². The second kappa shape index (κ2) is 10.8. The van der Waals surface area contributed by atoms with E-state index in [9.17, 15) is 9.59 Å². The first-order valence-corrected chi connectivity index (χ1v) is 10.3. The van der Waals surface area contributed by atoms with Gasteiger partial charge in [0.2, 0.25) is 11.8 Å². The van der Waals surface area contributed by atoms with Crippen LogP contribution in [0.2, 0.25) is 0 Å². The van der Waals surface area contributed by atoms with E-state index in [1.165, 1.54) is 22.9 Å². The molecule has 2 aromatic rings. The van der Waals surface area contributed by atoms with Gasteiger partial charge < -0.3 is 15.0 Å². The maximum absolute atomic E-state index is 12.7. The van der Waals surface area contributed by atoms with E-state index in [2.05, 4.69) is 31.3 Å². The largest absolute Gasteiger partial charge is 0.495 e. The molecule has 0 aliphatic carbocycles. The van der Waals surface area contributed by atoms with Crippen molar-refractivity contribution in [3.05, 3.63) is 53.6 Å². The molecule has 0 fully saturated rings. The van der Waals surface area contributed by atoms with Gasteiger partial charge in [0.05, 0.1) is 25.1 Å². The summed E-state index contributed by atoms with van der Waals surface area (Å²) >= 11 is 1.50. The zero-order valence-corrected chi connectivity index (χ0v) is 17.8. The third-order valence-electron chi connectivity index (χ3n) is 4.40. The van der Waals surface area contributed by atoms with Gasteiger partial charge in [0.25, 0.3) is 0 Å². The number of aryl methyl sites for hydroxylation is 2. The Bertz CT molecular complexity index is 823. The summed E-state index contributed by atoms with van der Waals surface area (Å²) in [5.74, 6) is 0.627. The van der Waals surface area contributed by atoms with E-state index < -0.39 is 0 Å². The van der Waals surface area contributed by atoms with Crippen LogP contribution in [0, 0.1) is 13.8 Å². The second-order valence-corrected chi connectivity index (χ2v) is 7.65. The third kappa shape index (κ3) is 6.30. The Hall–Kier alpha value is -2.47. The fourth-order valence-electron chi connectivity index (χ4n) is 2.71. The molecule has 2 rings (SSSR count). The molecule has 0 aliphatic rings. The van der Waals surface area contributed by atoms with Gasteiger partial charge in [-0.15, -0.1) is 11.8 Å². The third-order valence-corrected chi connectivity index (χ3v) is 5.38. The number of para-hydroxylation sites is 2. The summed E-state index contributed by atoms with van der Waals surface area (Å²) in [6.45, 7) is 6.70. The Morgan fingerprint density at radius 3 is 2.54 bits per heavy atom. The molecule has 0 radical (unpaired) electrons. The summed E-state index contributed by atoms with van der Waals surface area (Å²) in [5.41, 5.74) is 3.04. The van der Waals surface area contributed by atoms with Crippen LogP contribution in [0.5, 0.6) is 5.75 Å². The van der Waals surface area contributed by atoms with Crippen molar-refractivity contribution in [1.82, 2.24) is 4.90 Å². The maximum atomic E-state index is 12.7. The highest BCUT2D eigenvalue weighted by atomic mass is 32.2. The summed E-state index contributed by atoms with van der Waals surface area (Å²) in [5, 5.41) is 2.83. The van der Waals surface area contributed by atoms with E-state index in [4.69, 9.17) is 4.74 Å². The van der Waals surface area contributed by atoms with Gasteiger partial charge in [-0.1, -0.05) is 25.1 Å². The highest BCUT2D eigenvalue weighted by molar-refractivity contribution is 8.00. The molecule has 0 heterocycles. The van der Waals surface area contributed by atoms with Crippen LogP contribution >= 0.6 is 11.8 Å². The first-order chi connectivity index (χ1) is 13.4. The maximum Gasteiger partial charge on any atom is 0.244 e. The number of ether oxygens (including phenoxy) is 1. The zero-order chi connectivity index (χ0) is 20.5. The topological polar surface area (TPSA) is 58.6 Å². The van der Waals surface area contributed by atoms with E-state index in [-0.39, 0.29) is 18.4 Å². The molecule has 0 bridgehead atoms. The highest BCUT2D eigenvalue weighted by Gasteiger charge is 2.17. The highest BCUT2D eigenvalue weighted by Crippen LogP contribution is 2.23. The van der Waals surface area contributed by atoms with Gasteiger partial charge in [0.1, 0.15) is 5.75 Å². The number of carbonyl (C=O) groups excluding carboxylic acids is 2. The van der Waals surface area contributed by atoms with Crippen molar-refractivity contribution in [2.75, 3.05) is 31.3 Å². The number of rotatable bonds is 9. The smallest absolute Gasteiger partial charge is 0.244 e. The average Bonchev–Trinajstić information content (AvgIpc) is 2.68. The number of carbonyl (C=O) groups is 2. The molecule has 5 nitrogen and oxygen atoms in total. The van der Waals surface area contributed by atoms with Gasteiger partial charge in [-0.2, -0.15) is 0 Å². The standard InChI is InChI=1S/C22H28N2O3S/c1-5-12-24(14-21(25)23-19-8-6-7-9-20(19)27-4)22(26)15-28-18-11-10-16(2)17(3)13-18/h6-11,13H,5,12,14-15H2,1-4H3,(H,23,25). The van der Waals surface area contributed by atoms with E-state index in [1.54, 1.807) is 24.1 Å². The van der Waals surface area contributed by atoms with Crippen LogP contribution < -0.4 is 10.1 Å². The van der Waals surface area contributed by atoms with E-state index in [1.807, 2.05) is 25.1 Å². The quantitative estimate of drug-likeness (QED) is 0.638. The molecular formula is C22H28N2O3S. The van der Waals surface area contributed by atoms with Gasteiger partial charge in [-0.05, 0) is 55.7 Å². The Morgan fingerprint density at radius 2 is 1.86 bits per heavy atom. The summed E-state index contributed by atoms with van der Waals surface area (Å²) < 4.78 is 5.25. The van der Waals surface area contributed by atoms with Crippen molar-refractivity contribution in [2.45, 2.75) is 32.1 Å². The normalized spacial score (nSPS) is 10.4. The monoisotopic (exact) mass is 400 g/mol. The van der Waals surface area contributed by atoms with Crippen LogP contribution in [0.1, 0.15) is 24.5 Å². The number of nitrogens with one attached hydrogen (secondary N) is 1. The fraction of sp³-hybridized carbons (Fsp3) is 0.364. The molecule has 0 spiro atoms. The Balaban J connectivity index is 1.96. The number of nitrogens with zero attached hydrogens (tertiary/aromatic N) is 1. The predicted octanol–water partition coefficient (Wildman–Crippen LogP) is 4.28. The number of methoxy groups -OCH3 is 1. The van der Waals surface area contributed by atoms with Gasteiger partial charge >= 0.3 is 0 Å². The number of hydrogen-bond donors (Lipinski definition) is 1. The molecule has 0 unspecified atom stereocenters. The lowest BCUT2D eigenvalue weighted by Crippen LogP contribution is -2.39. The van der Waals surface area contributed by atoms with Gasteiger partial charge in [-0.3, -0.25) is 9.59 Å². The van der Waals surface area contributed by atoms with Crippen molar-refractivity contribution in [2.24, 2.45) is 0 Å². The minimum absolute atomic E-state index is 0.0260. The average molecular weight is 401 g/mol. The number of amides is 2. The predicted molar refractivity (Wildman–Crippen MR) is 115 cm³/mol. The van der Waals surface area contributed by atoms with Gasteiger partial charge in [0, 0.05) is 11.4 Å². The van der Waals surface area contributed by atoms with E-state index in [0.29, 0.717) is 23.7 Å². The number of anilines is 1. The molecule has 1 N–H and O–H groups in total. The Kier molecular flexibility index (Phi) is 8.39. The van der Waals surface area contributed by atoms with E-state index >= 15 is 0 Å². The van der Waals surface area contributed by atoms with Crippen LogP contribution in [0.25, 0.3) is 0 Å². The summed E-state index contributed by atoms with van der Waals surface area (Å²) in [4.78, 5) is 27.8. The zero-order valence-electron chi connectivity index (χ0n) is 17.0. The minimum atomic E-state index is -0.234. The van der Waals surface area contributed by atoms with Crippen molar-refractivity contribution in [1.29, 1.82) is 0 Å². The molecule has 0 saturated heterocycles. The molecule has 0 saturated carbocycles. The summed E-state index contributed by atoms with van der Waals surface area (Å²) in [6, 6.07) is 13.4. The van der Waals surface area contributed by atoms with Crippen molar-refractivity contribution in [3.8, 4) is 5.75 Å². The lowest BCUT2D eigenvalue weighted by Gasteiger charge is -2.22. The van der Waals surface area contributed by atoms with Crippen molar-refractivity contribution < 1.29 is 14.3 Å². The lowest BCUT2D eigenvalue weighted by atomic mass is 10.1. The molecule has 6 heteroatoms. The first kappa shape index (κ1) is 21.8. The van der Waals surface area contributed by atoms with Crippen molar-refractivity contribution >= 4 is 29.3 Å². The molecule has 2 aromatic carbocycles. The fourth-order valence-corrected chi connectivity index (χ4v) is 3.61. The molecule has 0 aromatic heterocycles. The van der Waals surface area contributed by atoms with Crippen LogP contribution in [-0.2, 0) is 9.59 Å². The molecule has 2 amide bonds. The molecule has 0 atom stereocenters. The van der Waals surface area contributed by atoms with E-state index in [0.717, 1.165) is 11.3 Å². The summed E-state index contributed by atoms with van der Waals surface area (Å²) in [7, 11) is 1.56. The molecular weight excluding hydrogens is 372 g/mol. The van der Waals surface area contributed by atoms with Crippen LogP contribution in [0.4, 0.5) is 5.69 Å². The number of benzene rings is 2. The molecule has 28 heavy (non-hydrogen) atoms. The van der Waals surface area contributed by atoms with Crippen LogP contribution in [0.15, 0.2) is 47.4 Å². The second-order valence-electron chi connectivity index (χ2n) is 6.60. The Morgan fingerprint density at radius 1 is 1.11 bits per heavy atom. The Labute approximate surface area is 171 Å². The molecule has 0 aliphatic heterocycles. The molecule has 150 valence electrons. The minimum Gasteiger partial charge on any atom is -0.495 e. The van der Waals surface area contributed by atoms with Gasteiger partial charge in [-0.25, -0.2) is 0 Å². The summed E-state index contributed by atoms with van der Waals surface area (Å²) in [6.07, 6.45) is 0.794. The number of hydrogen-bond acceptors (Lipinski definition) is 4.